The maximum Gasteiger partial charge on any atom is 0.137 e. The third-order valence-corrected chi connectivity index (χ3v) is 2.49. The zero-order valence-electron chi connectivity index (χ0n) is 8.83. The van der Waals surface area contributed by atoms with Gasteiger partial charge in [0.25, 0.3) is 0 Å². The maximum atomic E-state index is 4.50. The van der Waals surface area contributed by atoms with Gasteiger partial charge in [0.2, 0.25) is 0 Å². The molecule has 4 nitrogen and oxygen atoms in total. The molecule has 0 aliphatic rings. The van der Waals surface area contributed by atoms with Gasteiger partial charge in [-0.2, -0.15) is 0 Å². The van der Waals surface area contributed by atoms with Gasteiger partial charge >= 0.3 is 0 Å². The fourth-order valence-electron chi connectivity index (χ4n) is 1.71. The Bertz CT molecular complexity index is 609. The van der Waals surface area contributed by atoms with Crippen molar-refractivity contribution in [3.8, 4) is 11.4 Å². The van der Waals surface area contributed by atoms with Gasteiger partial charge in [-0.25, -0.2) is 4.98 Å². The number of rotatable bonds is 1. The minimum absolute atomic E-state index is 0.839. The lowest BCUT2D eigenvalue weighted by Gasteiger charge is -1.97. The number of hydrogen-bond donors (Lipinski definition) is 0. The molecule has 0 bridgehead atoms. The molecule has 0 amide bonds. The summed E-state index contributed by atoms with van der Waals surface area (Å²) in [6, 6.07) is 5.91. The summed E-state index contributed by atoms with van der Waals surface area (Å²) in [5, 5.41) is 0. The van der Waals surface area contributed by atoms with Crippen molar-refractivity contribution >= 4 is 5.65 Å². The van der Waals surface area contributed by atoms with Crippen LogP contribution < -0.4 is 0 Å². The molecule has 78 valence electrons. The molecular weight excluding hydrogens is 200 g/mol. The highest BCUT2D eigenvalue weighted by Gasteiger charge is 2.07. The molecule has 0 fully saturated rings. The molecule has 0 spiro atoms. The number of hydrogen-bond acceptors (Lipinski definition) is 3. The van der Waals surface area contributed by atoms with Crippen molar-refractivity contribution in [2.75, 3.05) is 0 Å². The lowest BCUT2D eigenvalue weighted by atomic mass is 10.2. The fourth-order valence-corrected chi connectivity index (χ4v) is 1.71. The molecule has 3 heterocycles. The highest BCUT2D eigenvalue weighted by atomic mass is 15.0. The van der Waals surface area contributed by atoms with Crippen LogP contribution in [-0.4, -0.2) is 19.4 Å². The second-order valence-corrected chi connectivity index (χ2v) is 3.58. The highest BCUT2D eigenvalue weighted by Crippen LogP contribution is 2.18. The molecule has 0 atom stereocenters. The summed E-state index contributed by atoms with van der Waals surface area (Å²) >= 11 is 0. The van der Waals surface area contributed by atoms with Crippen LogP contribution in [0, 0.1) is 6.92 Å². The van der Waals surface area contributed by atoms with E-state index in [2.05, 4.69) is 15.0 Å². The van der Waals surface area contributed by atoms with Crippen LogP contribution in [0.4, 0.5) is 0 Å². The van der Waals surface area contributed by atoms with Gasteiger partial charge in [0.1, 0.15) is 17.0 Å². The van der Waals surface area contributed by atoms with Gasteiger partial charge in [0.05, 0.1) is 5.69 Å². The van der Waals surface area contributed by atoms with Gasteiger partial charge in [-0.1, -0.05) is 6.07 Å². The van der Waals surface area contributed by atoms with E-state index in [1.165, 1.54) is 0 Å². The monoisotopic (exact) mass is 210 g/mol. The average molecular weight is 210 g/mol. The van der Waals surface area contributed by atoms with Crippen molar-refractivity contribution < 1.29 is 0 Å². The number of aryl methyl sites for hydroxylation is 1. The summed E-state index contributed by atoms with van der Waals surface area (Å²) in [6.45, 7) is 1.94. The van der Waals surface area contributed by atoms with Crippen LogP contribution in [-0.2, 0) is 0 Å². The van der Waals surface area contributed by atoms with Crippen LogP contribution in [0.25, 0.3) is 17.0 Å². The summed E-state index contributed by atoms with van der Waals surface area (Å²) in [4.78, 5) is 13.0. The second kappa shape index (κ2) is 3.41. The molecule has 0 aliphatic heterocycles. The lowest BCUT2D eigenvalue weighted by molar-refractivity contribution is 1.11. The number of imidazole rings is 1. The van der Waals surface area contributed by atoms with Crippen LogP contribution in [0.5, 0.6) is 0 Å². The smallest absolute Gasteiger partial charge is 0.137 e. The van der Waals surface area contributed by atoms with E-state index >= 15 is 0 Å². The van der Waals surface area contributed by atoms with E-state index in [0.29, 0.717) is 0 Å². The maximum absolute atomic E-state index is 4.50. The Balaban J connectivity index is 2.23. The second-order valence-electron chi connectivity index (χ2n) is 3.58. The first-order valence-corrected chi connectivity index (χ1v) is 5.06. The zero-order valence-corrected chi connectivity index (χ0v) is 8.83. The Labute approximate surface area is 92.6 Å². The van der Waals surface area contributed by atoms with E-state index in [1.54, 1.807) is 12.4 Å². The zero-order chi connectivity index (χ0) is 11.0. The number of fused-ring (bicyclic) bond motifs is 1. The molecular formula is C12H10N4. The molecule has 0 radical (unpaired) electrons. The highest BCUT2D eigenvalue weighted by molar-refractivity contribution is 5.60. The third kappa shape index (κ3) is 1.35. The van der Waals surface area contributed by atoms with Crippen LogP contribution in [0.2, 0.25) is 0 Å². The Morgan fingerprint density at radius 3 is 2.81 bits per heavy atom. The van der Waals surface area contributed by atoms with Crippen LogP contribution in [0.3, 0.4) is 0 Å². The van der Waals surface area contributed by atoms with Crippen molar-refractivity contribution in [2.45, 2.75) is 6.92 Å². The number of aromatic nitrogens is 4. The first-order chi connectivity index (χ1) is 7.84. The SMILES string of the molecule is Cc1nccnc1-c1cn2ccccc2n1. The average Bonchev–Trinajstić information content (AvgIpc) is 2.73. The van der Waals surface area contributed by atoms with E-state index in [0.717, 1.165) is 22.7 Å². The van der Waals surface area contributed by atoms with Crippen molar-refractivity contribution in [3.05, 3.63) is 48.7 Å². The molecule has 3 rings (SSSR count). The molecule has 0 aromatic carbocycles. The van der Waals surface area contributed by atoms with Crippen molar-refractivity contribution in [1.29, 1.82) is 0 Å². The van der Waals surface area contributed by atoms with Crippen LogP contribution >= 0.6 is 0 Å². The van der Waals surface area contributed by atoms with Crippen molar-refractivity contribution in [2.24, 2.45) is 0 Å². The third-order valence-electron chi connectivity index (χ3n) is 2.49. The standard InChI is InChI=1S/C12H10N4/c1-9-12(14-6-5-13-9)10-8-16-7-3-2-4-11(16)15-10/h2-8H,1H3. The summed E-state index contributed by atoms with van der Waals surface area (Å²) in [5.41, 5.74) is 3.51. The Morgan fingerprint density at radius 1 is 1.12 bits per heavy atom. The quantitative estimate of drug-likeness (QED) is 0.617. The normalized spacial score (nSPS) is 10.8. The van der Waals surface area contributed by atoms with Gasteiger partial charge in [0, 0.05) is 24.8 Å². The summed E-state index contributed by atoms with van der Waals surface area (Å²) < 4.78 is 1.98. The Morgan fingerprint density at radius 2 is 2.00 bits per heavy atom. The summed E-state index contributed by atoms with van der Waals surface area (Å²) in [5.74, 6) is 0. The van der Waals surface area contributed by atoms with Crippen molar-refractivity contribution in [3.63, 3.8) is 0 Å². The van der Waals surface area contributed by atoms with Crippen LogP contribution in [0.1, 0.15) is 5.69 Å². The first kappa shape index (κ1) is 9.03. The Kier molecular flexibility index (Phi) is 1.93. The molecule has 0 unspecified atom stereocenters. The van der Waals surface area contributed by atoms with E-state index in [1.807, 2.05) is 41.9 Å². The minimum atomic E-state index is 0.839. The number of pyridine rings is 1. The molecule has 4 heteroatoms. The minimum Gasteiger partial charge on any atom is -0.306 e. The number of nitrogens with zero attached hydrogens (tertiary/aromatic N) is 4. The van der Waals surface area contributed by atoms with Gasteiger partial charge < -0.3 is 4.40 Å². The van der Waals surface area contributed by atoms with Gasteiger partial charge in [0.15, 0.2) is 0 Å². The van der Waals surface area contributed by atoms with E-state index in [4.69, 9.17) is 0 Å². The molecule has 0 aliphatic carbocycles. The predicted octanol–water partition coefficient (Wildman–Crippen LogP) is 2.10. The van der Waals surface area contributed by atoms with E-state index in [-0.39, 0.29) is 0 Å². The largest absolute Gasteiger partial charge is 0.306 e. The molecule has 0 saturated heterocycles. The Hall–Kier alpha value is -2.23. The van der Waals surface area contributed by atoms with Gasteiger partial charge in [-0.05, 0) is 19.1 Å². The molecule has 3 aromatic heterocycles. The van der Waals surface area contributed by atoms with Crippen molar-refractivity contribution in [1.82, 2.24) is 19.4 Å². The molecule has 3 aromatic rings. The molecule has 0 N–H and O–H groups in total. The van der Waals surface area contributed by atoms with Gasteiger partial charge in [-0.3, -0.25) is 9.97 Å². The summed E-state index contributed by atoms with van der Waals surface area (Å²) in [7, 11) is 0. The lowest BCUT2D eigenvalue weighted by Crippen LogP contribution is -1.90. The molecule has 16 heavy (non-hydrogen) atoms. The molecule has 0 saturated carbocycles. The van der Waals surface area contributed by atoms with E-state index < -0.39 is 0 Å². The predicted molar refractivity (Wildman–Crippen MR) is 61.0 cm³/mol. The van der Waals surface area contributed by atoms with E-state index in [9.17, 15) is 0 Å². The topological polar surface area (TPSA) is 43.1 Å². The fraction of sp³-hybridized carbons (Fsp3) is 0.0833. The first-order valence-electron chi connectivity index (χ1n) is 5.06. The summed E-state index contributed by atoms with van der Waals surface area (Å²) in [6.07, 6.45) is 7.31. The van der Waals surface area contributed by atoms with Crippen LogP contribution in [0.15, 0.2) is 43.0 Å². The van der Waals surface area contributed by atoms with Gasteiger partial charge in [-0.15, -0.1) is 0 Å².